The SMILES string of the molecule is O=C(CCNS(=O)(=O)c1cccc(Cl)c1)Nc1ccc2[nH]c(=O)[nH]c2c1. The van der Waals surface area contributed by atoms with Gasteiger partial charge in [-0.3, -0.25) is 4.79 Å². The minimum Gasteiger partial charge on any atom is -0.326 e. The molecule has 0 aliphatic rings. The Kier molecular flexibility index (Phi) is 5.12. The lowest BCUT2D eigenvalue weighted by atomic mass is 10.2. The van der Waals surface area contributed by atoms with Crippen LogP contribution in [0.2, 0.25) is 5.02 Å². The van der Waals surface area contributed by atoms with Crippen LogP contribution in [0.15, 0.2) is 52.2 Å². The van der Waals surface area contributed by atoms with Gasteiger partial charge in [-0.2, -0.15) is 0 Å². The molecule has 0 aliphatic heterocycles. The topological polar surface area (TPSA) is 124 Å². The molecule has 0 atom stereocenters. The van der Waals surface area contributed by atoms with Gasteiger partial charge in [-0.15, -0.1) is 0 Å². The molecule has 0 radical (unpaired) electrons. The maximum atomic E-state index is 12.1. The standard InChI is InChI=1S/C16H15ClN4O4S/c17-10-2-1-3-12(8-10)26(24,25)18-7-6-15(22)19-11-4-5-13-14(9-11)21-16(23)20-13/h1-5,8-9,18H,6-7H2,(H,19,22)(H2,20,21,23). The highest BCUT2D eigenvalue weighted by molar-refractivity contribution is 7.89. The van der Waals surface area contributed by atoms with Crippen LogP contribution in [0.1, 0.15) is 6.42 Å². The molecule has 3 rings (SSSR count). The lowest BCUT2D eigenvalue weighted by Crippen LogP contribution is -2.27. The Labute approximate surface area is 153 Å². The van der Waals surface area contributed by atoms with Crippen molar-refractivity contribution < 1.29 is 13.2 Å². The third-order valence-electron chi connectivity index (χ3n) is 3.55. The Morgan fingerprint density at radius 1 is 1.08 bits per heavy atom. The summed E-state index contributed by atoms with van der Waals surface area (Å²) in [6.07, 6.45) is -0.0541. The van der Waals surface area contributed by atoms with Crippen molar-refractivity contribution in [2.45, 2.75) is 11.3 Å². The highest BCUT2D eigenvalue weighted by Crippen LogP contribution is 2.16. The van der Waals surface area contributed by atoms with Gasteiger partial charge in [0.25, 0.3) is 0 Å². The molecule has 1 aromatic heterocycles. The fourth-order valence-electron chi connectivity index (χ4n) is 2.35. The second kappa shape index (κ2) is 7.32. The number of nitrogens with one attached hydrogen (secondary N) is 4. The molecule has 0 spiro atoms. The number of rotatable bonds is 6. The largest absolute Gasteiger partial charge is 0.326 e. The molecule has 136 valence electrons. The fraction of sp³-hybridized carbons (Fsp3) is 0.125. The number of H-pyrrole nitrogens is 2. The van der Waals surface area contributed by atoms with Crippen molar-refractivity contribution in [3.05, 3.63) is 58.0 Å². The lowest BCUT2D eigenvalue weighted by Gasteiger charge is -2.08. The molecule has 0 saturated heterocycles. The van der Waals surface area contributed by atoms with Gasteiger partial charge >= 0.3 is 5.69 Å². The number of aromatic amines is 2. The van der Waals surface area contributed by atoms with Crippen molar-refractivity contribution in [2.24, 2.45) is 0 Å². The van der Waals surface area contributed by atoms with Crippen LogP contribution in [0.4, 0.5) is 5.69 Å². The summed E-state index contributed by atoms with van der Waals surface area (Å²) in [5, 5.41) is 2.96. The van der Waals surface area contributed by atoms with Gasteiger partial charge in [0.05, 0.1) is 15.9 Å². The van der Waals surface area contributed by atoms with Gasteiger partial charge < -0.3 is 15.3 Å². The van der Waals surface area contributed by atoms with E-state index in [-0.39, 0.29) is 29.5 Å². The third-order valence-corrected chi connectivity index (χ3v) is 5.24. The summed E-state index contributed by atoms with van der Waals surface area (Å²) in [4.78, 5) is 28.4. The average Bonchev–Trinajstić information content (AvgIpc) is 2.94. The molecular weight excluding hydrogens is 380 g/mol. The zero-order valence-corrected chi connectivity index (χ0v) is 14.9. The van der Waals surface area contributed by atoms with Crippen molar-refractivity contribution in [3.8, 4) is 0 Å². The monoisotopic (exact) mass is 394 g/mol. The zero-order chi connectivity index (χ0) is 18.7. The van der Waals surface area contributed by atoms with E-state index in [1.54, 1.807) is 24.3 Å². The van der Waals surface area contributed by atoms with Gasteiger partial charge in [-0.05, 0) is 36.4 Å². The number of amides is 1. The highest BCUT2D eigenvalue weighted by atomic mass is 35.5. The van der Waals surface area contributed by atoms with Crippen LogP contribution in [0.25, 0.3) is 11.0 Å². The van der Waals surface area contributed by atoms with Gasteiger partial charge in [0.1, 0.15) is 0 Å². The number of hydrogen-bond donors (Lipinski definition) is 4. The van der Waals surface area contributed by atoms with Crippen LogP contribution in [-0.4, -0.2) is 30.8 Å². The molecular formula is C16H15ClN4O4S. The van der Waals surface area contributed by atoms with E-state index in [1.165, 1.54) is 18.2 Å². The Morgan fingerprint density at radius 2 is 1.85 bits per heavy atom. The number of aromatic nitrogens is 2. The quantitative estimate of drug-likeness (QED) is 0.509. The zero-order valence-electron chi connectivity index (χ0n) is 13.4. The number of imidazole rings is 1. The molecule has 1 heterocycles. The number of carbonyl (C=O) groups excluding carboxylic acids is 1. The third kappa shape index (κ3) is 4.31. The first-order valence-electron chi connectivity index (χ1n) is 7.61. The molecule has 1 amide bonds. The number of halogens is 1. The molecule has 0 aliphatic carbocycles. The van der Waals surface area contributed by atoms with E-state index in [9.17, 15) is 18.0 Å². The van der Waals surface area contributed by atoms with Crippen LogP contribution in [0.5, 0.6) is 0 Å². The van der Waals surface area contributed by atoms with E-state index in [4.69, 9.17) is 11.6 Å². The van der Waals surface area contributed by atoms with E-state index in [0.29, 0.717) is 21.7 Å². The smallest absolute Gasteiger partial charge is 0.323 e. The molecule has 8 nitrogen and oxygen atoms in total. The Morgan fingerprint density at radius 3 is 2.62 bits per heavy atom. The maximum absolute atomic E-state index is 12.1. The number of carbonyl (C=O) groups is 1. The van der Waals surface area contributed by atoms with E-state index in [1.807, 2.05) is 0 Å². The van der Waals surface area contributed by atoms with Gasteiger partial charge in [0, 0.05) is 23.7 Å². The Balaban J connectivity index is 1.57. The van der Waals surface area contributed by atoms with Crippen molar-refractivity contribution in [2.75, 3.05) is 11.9 Å². The predicted molar refractivity (Wildman–Crippen MR) is 98.8 cm³/mol. The maximum Gasteiger partial charge on any atom is 0.323 e. The Hall–Kier alpha value is -2.62. The molecule has 4 N–H and O–H groups in total. The molecule has 0 saturated carbocycles. The van der Waals surface area contributed by atoms with Crippen LogP contribution in [0.3, 0.4) is 0 Å². The van der Waals surface area contributed by atoms with Gasteiger partial charge in [0.2, 0.25) is 15.9 Å². The molecule has 0 unspecified atom stereocenters. The van der Waals surface area contributed by atoms with E-state index >= 15 is 0 Å². The summed E-state index contributed by atoms with van der Waals surface area (Å²) in [6.45, 7) is -0.0656. The van der Waals surface area contributed by atoms with E-state index in [0.717, 1.165) is 0 Å². The molecule has 3 aromatic rings. The summed E-state index contributed by atoms with van der Waals surface area (Å²) < 4.78 is 26.6. The second-order valence-electron chi connectivity index (χ2n) is 5.49. The number of anilines is 1. The number of benzene rings is 2. The summed E-state index contributed by atoms with van der Waals surface area (Å²) in [5.74, 6) is -0.365. The average molecular weight is 395 g/mol. The molecule has 2 aromatic carbocycles. The second-order valence-corrected chi connectivity index (χ2v) is 7.70. The summed E-state index contributed by atoms with van der Waals surface area (Å²) in [5.41, 5.74) is 1.35. The van der Waals surface area contributed by atoms with E-state index < -0.39 is 10.0 Å². The van der Waals surface area contributed by atoms with Crippen LogP contribution >= 0.6 is 11.6 Å². The molecule has 10 heteroatoms. The van der Waals surface area contributed by atoms with Gasteiger partial charge in [0.15, 0.2) is 0 Å². The minimum atomic E-state index is -3.74. The van der Waals surface area contributed by atoms with Crippen LogP contribution in [-0.2, 0) is 14.8 Å². The normalized spacial score (nSPS) is 11.6. The molecule has 0 fully saturated rings. The van der Waals surface area contributed by atoms with Crippen molar-refractivity contribution in [1.29, 1.82) is 0 Å². The number of fused-ring (bicyclic) bond motifs is 1. The summed E-state index contributed by atoms with van der Waals surface area (Å²) in [6, 6.07) is 10.8. The first-order valence-corrected chi connectivity index (χ1v) is 9.47. The van der Waals surface area contributed by atoms with Gasteiger partial charge in [-0.1, -0.05) is 17.7 Å². The first-order chi connectivity index (χ1) is 12.3. The van der Waals surface area contributed by atoms with E-state index in [2.05, 4.69) is 20.0 Å². The first kappa shape index (κ1) is 18.2. The van der Waals surface area contributed by atoms with Crippen molar-refractivity contribution in [1.82, 2.24) is 14.7 Å². The fourth-order valence-corrected chi connectivity index (χ4v) is 3.68. The van der Waals surface area contributed by atoms with Crippen LogP contribution in [0, 0.1) is 0 Å². The Bertz CT molecular complexity index is 1120. The highest BCUT2D eigenvalue weighted by Gasteiger charge is 2.14. The van der Waals surface area contributed by atoms with Crippen LogP contribution < -0.4 is 15.7 Å². The summed E-state index contributed by atoms with van der Waals surface area (Å²) >= 11 is 5.79. The number of hydrogen-bond acceptors (Lipinski definition) is 4. The molecule has 26 heavy (non-hydrogen) atoms. The number of sulfonamides is 1. The lowest BCUT2D eigenvalue weighted by molar-refractivity contribution is -0.116. The van der Waals surface area contributed by atoms with Gasteiger partial charge in [-0.25, -0.2) is 17.9 Å². The van der Waals surface area contributed by atoms with Crippen molar-refractivity contribution >= 4 is 44.3 Å². The van der Waals surface area contributed by atoms with Crippen molar-refractivity contribution in [3.63, 3.8) is 0 Å². The summed E-state index contributed by atoms with van der Waals surface area (Å²) in [7, 11) is -3.74. The minimum absolute atomic E-state index is 0.0345. The predicted octanol–water partition coefficient (Wildman–Crippen LogP) is 1.82. The molecule has 0 bridgehead atoms.